The summed E-state index contributed by atoms with van der Waals surface area (Å²) in [6, 6.07) is 6.49. The minimum absolute atomic E-state index is 0.0799. The molecule has 0 heterocycles. The van der Waals surface area contributed by atoms with Gasteiger partial charge in [-0.15, -0.1) is 6.58 Å². The van der Waals surface area contributed by atoms with Crippen molar-refractivity contribution in [1.29, 1.82) is 0 Å². The molecular formula is C21H35NO4SSi. The lowest BCUT2D eigenvalue weighted by atomic mass is 10.0. The highest BCUT2D eigenvalue weighted by Gasteiger charge is 2.37. The van der Waals surface area contributed by atoms with E-state index in [9.17, 15) is 13.2 Å². The first-order valence-corrected chi connectivity index (χ1v) is 13.9. The van der Waals surface area contributed by atoms with E-state index in [4.69, 9.17) is 4.43 Å². The Bertz CT molecular complexity index is 780. The maximum atomic E-state index is 12.9. The number of carbonyl (C=O) groups excluding carboxylic acids is 1. The number of sulfonamides is 1. The number of rotatable bonds is 9. The van der Waals surface area contributed by atoms with Crippen LogP contribution in [0.1, 0.15) is 39.2 Å². The fourth-order valence-electron chi connectivity index (χ4n) is 2.46. The van der Waals surface area contributed by atoms with Crippen LogP contribution in [-0.2, 0) is 19.2 Å². The monoisotopic (exact) mass is 425 g/mol. The summed E-state index contributed by atoms with van der Waals surface area (Å²) in [5, 5.41) is 0.0799. The maximum Gasteiger partial charge on any atom is 0.266 e. The smallest absolute Gasteiger partial charge is 0.266 e. The quantitative estimate of drug-likeness (QED) is 0.423. The average Bonchev–Trinajstić information content (AvgIpc) is 2.59. The number of benzene rings is 1. The molecule has 0 saturated heterocycles. The average molecular weight is 426 g/mol. The summed E-state index contributed by atoms with van der Waals surface area (Å²) >= 11 is 0. The van der Waals surface area contributed by atoms with Crippen LogP contribution in [0, 0.1) is 12.8 Å². The third-order valence-corrected chi connectivity index (χ3v) is 11.8. The Morgan fingerprint density at radius 1 is 1.25 bits per heavy atom. The molecule has 1 unspecified atom stereocenters. The predicted molar refractivity (Wildman–Crippen MR) is 117 cm³/mol. The highest BCUT2D eigenvalue weighted by atomic mass is 32.2. The van der Waals surface area contributed by atoms with E-state index in [1.54, 1.807) is 18.2 Å². The van der Waals surface area contributed by atoms with Crippen LogP contribution < -0.4 is 0 Å². The zero-order valence-corrected chi connectivity index (χ0v) is 20.1. The topological polar surface area (TPSA) is 63.7 Å². The Kier molecular flexibility index (Phi) is 8.23. The second kappa shape index (κ2) is 9.37. The second-order valence-corrected chi connectivity index (χ2v) is 15.5. The Morgan fingerprint density at radius 3 is 2.25 bits per heavy atom. The van der Waals surface area contributed by atoms with Gasteiger partial charge < -0.3 is 4.43 Å². The van der Waals surface area contributed by atoms with Crippen LogP contribution >= 0.6 is 0 Å². The highest BCUT2D eigenvalue weighted by Crippen LogP contribution is 2.36. The van der Waals surface area contributed by atoms with E-state index in [1.807, 2.05) is 6.92 Å². The predicted octanol–water partition coefficient (Wildman–Crippen LogP) is 4.75. The Hall–Kier alpha value is -1.44. The van der Waals surface area contributed by atoms with Crippen molar-refractivity contribution in [2.24, 2.45) is 5.92 Å². The van der Waals surface area contributed by atoms with Gasteiger partial charge in [0.2, 0.25) is 5.91 Å². The fraction of sp³-hybridized carbons (Fsp3) is 0.571. The van der Waals surface area contributed by atoms with E-state index in [1.165, 1.54) is 19.2 Å². The van der Waals surface area contributed by atoms with E-state index in [0.29, 0.717) is 19.4 Å². The summed E-state index contributed by atoms with van der Waals surface area (Å²) in [5.74, 6) is -0.910. The van der Waals surface area contributed by atoms with Gasteiger partial charge >= 0.3 is 0 Å². The van der Waals surface area contributed by atoms with Gasteiger partial charge in [0.05, 0.1) is 4.90 Å². The van der Waals surface area contributed by atoms with Crippen molar-refractivity contribution in [1.82, 2.24) is 4.31 Å². The third-order valence-electron chi connectivity index (χ3n) is 5.53. The fourth-order valence-corrected chi connectivity index (χ4v) is 4.70. The molecule has 0 N–H and O–H groups in total. The summed E-state index contributed by atoms with van der Waals surface area (Å²) in [5.41, 5.74) is 0.959. The van der Waals surface area contributed by atoms with Gasteiger partial charge in [-0.3, -0.25) is 4.79 Å². The molecule has 0 fully saturated rings. The standard InChI is InChI=1S/C21H35NO4SSi/c1-9-10-18(15-16-26-28(7,8)21(3,4)5)20(23)22(6)27(24,25)19-13-11-17(2)12-14-19/h9,11-14,18H,1,10,15-16H2,2-8H3. The molecule has 0 aliphatic carbocycles. The first-order valence-electron chi connectivity index (χ1n) is 9.58. The molecule has 0 aromatic heterocycles. The molecule has 5 nitrogen and oxygen atoms in total. The zero-order valence-electron chi connectivity index (χ0n) is 18.3. The SMILES string of the molecule is C=CCC(CCO[Si](C)(C)C(C)(C)C)C(=O)N(C)S(=O)(=O)c1ccc(C)cc1. The summed E-state index contributed by atoms with van der Waals surface area (Å²) in [6.07, 6.45) is 2.53. The molecule has 1 rings (SSSR count). The number of amides is 1. The molecule has 0 aliphatic rings. The van der Waals surface area contributed by atoms with Crippen molar-refractivity contribution in [3.05, 3.63) is 42.5 Å². The van der Waals surface area contributed by atoms with Crippen LogP contribution in [0.25, 0.3) is 0 Å². The molecule has 1 atom stereocenters. The molecule has 28 heavy (non-hydrogen) atoms. The Balaban J connectivity index is 2.91. The van der Waals surface area contributed by atoms with E-state index in [0.717, 1.165) is 9.87 Å². The zero-order chi connectivity index (χ0) is 21.8. The molecule has 7 heteroatoms. The largest absolute Gasteiger partial charge is 0.417 e. The van der Waals surface area contributed by atoms with Gasteiger partial charge in [0, 0.05) is 19.6 Å². The summed E-state index contributed by atoms with van der Waals surface area (Å²) in [7, 11) is -4.48. The van der Waals surface area contributed by atoms with Crippen LogP contribution in [0.5, 0.6) is 0 Å². The van der Waals surface area contributed by atoms with Crippen LogP contribution in [0.2, 0.25) is 18.1 Å². The Labute approximate surface area is 172 Å². The molecule has 1 amide bonds. The summed E-state index contributed by atoms with van der Waals surface area (Å²) in [4.78, 5) is 13.0. The highest BCUT2D eigenvalue weighted by molar-refractivity contribution is 7.89. The van der Waals surface area contributed by atoms with Crippen molar-refractivity contribution < 1.29 is 17.6 Å². The molecule has 0 bridgehead atoms. The lowest BCUT2D eigenvalue weighted by Crippen LogP contribution is -2.42. The summed E-state index contributed by atoms with van der Waals surface area (Å²) < 4.78 is 32.7. The van der Waals surface area contributed by atoms with Crippen molar-refractivity contribution in [2.45, 2.75) is 63.6 Å². The number of hydrogen-bond donors (Lipinski definition) is 0. The summed E-state index contributed by atoms with van der Waals surface area (Å²) in [6.45, 7) is 16.8. The second-order valence-electron chi connectivity index (χ2n) is 8.74. The lowest BCUT2D eigenvalue weighted by Gasteiger charge is -2.36. The molecule has 158 valence electrons. The van der Waals surface area contributed by atoms with Crippen molar-refractivity contribution in [2.75, 3.05) is 13.7 Å². The minimum atomic E-state index is -3.88. The van der Waals surface area contributed by atoms with Crippen molar-refractivity contribution >= 4 is 24.2 Å². The van der Waals surface area contributed by atoms with Crippen LogP contribution in [0.4, 0.5) is 0 Å². The van der Waals surface area contributed by atoms with E-state index < -0.39 is 30.2 Å². The number of aryl methyl sites for hydroxylation is 1. The minimum Gasteiger partial charge on any atom is -0.417 e. The van der Waals surface area contributed by atoms with Crippen LogP contribution in [0.3, 0.4) is 0 Å². The van der Waals surface area contributed by atoms with Crippen LogP contribution in [0.15, 0.2) is 41.8 Å². The number of hydrogen-bond acceptors (Lipinski definition) is 4. The van der Waals surface area contributed by atoms with E-state index >= 15 is 0 Å². The first-order chi connectivity index (χ1) is 12.7. The van der Waals surface area contributed by atoms with E-state index in [-0.39, 0.29) is 9.93 Å². The molecular weight excluding hydrogens is 390 g/mol. The van der Waals surface area contributed by atoms with Gasteiger partial charge in [-0.1, -0.05) is 44.5 Å². The van der Waals surface area contributed by atoms with E-state index in [2.05, 4.69) is 40.4 Å². The molecule has 1 aromatic rings. The molecule has 0 spiro atoms. The van der Waals surface area contributed by atoms with Crippen molar-refractivity contribution in [3.8, 4) is 0 Å². The molecule has 0 radical (unpaired) electrons. The number of carbonyl (C=O) groups is 1. The number of allylic oxidation sites excluding steroid dienone is 1. The third kappa shape index (κ3) is 6.03. The molecule has 1 aromatic carbocycles. The van der Waals surface area contributed by atoms with Crippen molar-refractivity contribution in [3.63, 3.8) is 0 Å². The normalized spacial score (nSPS) is 13.8. The van der Waals surface area contributed by atoms with Gasteiger partial charge in [-0.25, -0.2) is 12.7 Å². The lowest BCUT2D eigenvalue weighted by molar-refractivity contribution is -0.130. The Morgan fingerprint density at radius 2 is 1.79 bits per heavy atom. The van der Waals surface area contributed by atoms with Gasteiger partial charge in [-0.05, 0) is 50.0 Å². The molecule has 0 aliphatic heterocycles. The van der Waals surface area contributed by atoms with Gasteiger partial charge in [-0.2, -0.15) is 0 Å². The van der Waals surface area contributed by atoms with Gasteiger partial charge in [0.15, 0.2) is 8.32 Å². The van der Waals surface area contributed by atoms with Gasteiger partial charge in [0.1, 0.15) is 0 Å². The number of nitrogens with zero attached hydrogens (tertiary/aromatic N) is 1. The molecule has 0 saturated carbocycles. The van der Waals surface area contributed by atoms with Crippen LogP contribution in [-0.4, -0.2) is 40.6 Å². The van der Waals surface area contributed by atoms with Gasteiger partial charge in [0.25, 0.3) is 10.0 Å². The first kappa shape index (κ1) is 24.6. The maximum absolute atomic E-state index is 12.9.